The van der Waals surface area contributed by atoms with Crippen molar-refractivity contribution in [1.82, 2.24) is 15.4 Å². The molecule has 1 aliphatic heterocycles. The van der Waals surface area contributed by atoms with Gasteiger partial charge in [-0.3, -0.25) is 4.79 Å². The summed E-state index contributed by atoms with van der Waals surface area (Å²) in [6, 6.07) is 11.0. The molecule has 4 rings (SSSR count). The molecule has 1 saturated heterocycles. The molecule has 8 nitrogen and oxygen atoms in total. The van der Waals surface area contributed by atoms with E-state index in [0.29, 0.717) is 17.8 Å². The van der Waals surface area contributed by atoms with E-state index in [1.54, 1.807) is 0 Å². The number of aromatic carboxylic acids is 1. The van der Waals surface area contributed by atoms with Gasteiger partial charge in [-0.1, -0.05) is 30.0 Å². The SMILES string of the molecule is O=C(O)c1ccc(NCC(O)CNN2C(=O)/C(=C/c3cccc(-c4cc(C(F)(F)F)cc(C(F)(F)F)c4)n3)SC2=S)cc1. The Morgan fingerprint density at radius 2 is 1.63 bits per heavy atom. The van der Waals surface area contributed by atoms with Gasteiger partial charge in [-0.15, -0.1) is 0 Å². The highest BCUT2D eigenvalue weighted by Crippen LogP contribution is 2.38. The highest BCUT2D eigenvalue weighted by Gasteiger charge is 2.37. The lowest BCUT2D eigenvalue weighted by molar-refractivity contribution is -0.143. The van der Waals surface area contributed by atoms with E-state index in [-0.39, 0.29) is 45.3 Å². The maximum absolute atomic E-state index is 13.3. The van der Waals surface area contributed by atoms with Crippen LogP contribution in [0.15, 0.2) is 65.6 Å². The lowest BCUT2D eigenvalue weighted by Gasteiger charge is -2.19. The summed E-state index contributed by atoms with van der Waals surface area (Å²) in [7, 11) is 0. The molecular weight excluding hydrogens is 622 g/mol. The van der Waals surface area contributed by atoms with E-state index in [1.807, 2.05) is 0 Å². The number of pyridine rings is 1. The van der Waals surface area contributed by atoms with Crippen LogP contribution in [0.2, 0.25) is 0 Å². The van der Waals surface area contributed by atoms with Crippen LogP contribution in [-0.2, 0) is 17.1 Å². The smallest absolute Gasteiger partial charge is 0.416 e. The number of nitrogens with zero attached hydrogens (tertiary/aromatic N) is 2. The van der Waals surface area contributed by atoms with Gasteiger partial charge in [-0.2, -0.15) is 26.3 Å². The molecule has 1 aromatic heterocycles. The molecule has 0 radical (unpaired) electrons. The fourth-order valence-electron chi connectivity index (χ4n) is 3.77. The van der Waals surface area contributed by atoms with Gasteiger partial charge >= 0.3 is 18.3 Å². The van der Waals surface area contributed by atoms with Gasteiger partial charge < -0.3 is 15.5 Å². The predicted molar refractivity (Wildman–Crippen MR) is 151 cm³/mol. The van der Waals surface area contributed by atoms with E-state index in [9.17, 15) is 41.0 Å². The zero-order valence-electron chi connectivity index (χ0n) is 21.5. The van der Waals surface area contributed by atoms with Crippen molar-refractivity contribution in [3.8, 4) is 11.3 Å². The van der Waals surface area contributed by atoms with Crippen molar-refractivity contribution in [1.29, 1.82) is 0 Å². The van der Waals surface area contributed by atoms with Gasteiger partial charge in [0.05, 0.1) is 39.1 Å². The zero-order chi connectivity index (χ0) is 31.5. The molecule has 0 saturated carbocycles. The molecular formula is C27H20F6N4O4S2. The molecule has 0 bridgehead atoms. The first-order valence-electron chi connectivity index (χ1n) is 12.2. The van der Waals surface area contributed by atoms with Crippen molar-refractivity contribution in [3.63, 3.8) is 0 Å². The summed E-state index contributed by atoms with van der Waals surface area (Å²) >= 11 is 6.10. The van der Waals surface area contributed by atoms with Crippen LogP contribution in [0.4, 0.5) is 32.0 Å². The van der Waals surface area contributed by atoms with Gasteiger partial charge in [-0.05, 0) is 60.7 Å². The normalized spacial score (nSPS) is 15.7. The second kappa shape index (κ2) is 12.7. The number of alkyl halides is 6. The van der Waals surface area contributed by atoms with E-state index in [1.165, 1.54) is 48.5 Å². The lowest BCUT2D eigenvalue weighted by Crippen LogP contribution is -2.46. The third-order valence-corrected chi connectivity index (χ3v) is 7.19. The summed E-state index contributed by atoms with van der Waals surface area (Å²) < 4.78 is 79.8. The second-order valence-corrected chi connectivity index (χ2v) is 10.7. The van der Waals surface area contributed by atoms with Crippen molar-refractivity contribution < 1.29 is 46.1 Å². The highest BCUT2D eigenvalue weighted by atomic mass is 32.2. The first-order chi connectivity index (χ1) is 20.1. The lowest BCUT2D eigenvalue weighted by atomic mass is 10.0. The summed E-state index contributed by atoms with van der Waals surface area (Å²) in [4.78, 5) is 28.1. The molecule has 0 aliphatic carbocycles. The first-order valence-corrected chi connectivity index (χ1v) is 13.4. The minimum absolute atomic E-state index is 0.0250. The first kappa shape index (κ1) is 31.9. The van der Waals surface area contributed by atoms with Crippen LogP contribution in [0.1, 0.15) is 27.2 Å². The molecule has 1 atom stereocenters. The molecule has 226 valence electrons. The van der Waals surface area contributed by atoms with Gasteiger partial charge in [0.1, 0.15) is 0 Å². The van der Waals surface area contributed by atoms with Crippen molar-refractivity contribution in [2.45, 2.75) is 18.5 Å². The minimum atomic E-state index is -5.02. The number of nitrogens with one attached hydrogen (secondary N) is 2. The maximum Gasteiger partial charge on any atom is 0.416 e. The number of thioether (sulfide) groups is 1. The van der Waals surface area contributed by atoms with Crippen LogP contribution in [0.25, 0.3) is 17.3 Å². The van der Waals surface area contributed by atoms with E-state index >= 15 is 0 Å². The summed E-state index contributed by atoms with van der Waals surface area (Å²) in [6.45, 7) is -0.0584. The number of aliphatic hydroxyl groups is 1. The Balaban J connectivity index is 1.44. The number of benzene rings is 2. The van der Waals surface area contributed by atoms with Gasteiger partial charge in [-0.25, -0.2) is 20.2 Å². The molecule has 0 spiro atoms. The van der Waals surface area contributed by atoms with E-state index < -0.39 is 47.0 Å². The van der Waals surface area contributed by atoms with Crippen molar-refractivity contribution in [3.05, 3.63) is 88.0 Å². The van der Waals surface area contributed by atoms with Gasteiger partial charge in [0.15, 0.2) is 4.32 Å². The maximum atomic E-state index is 13.3. The molecule has 1 amide bonds. The van der Waals surface area contributed by atoms with E-state index in [0.717, 1.165) is 16.8 Å². The average Bonchev–Trinajstić information content (AvgIpc) is 3.21. The Labute approximate surface area is 249 Å². The Kier molecular flexibility index (Phi) is 9.44. The van der Waals surface area contributed by atoms with Crippen molar-refractivity contribution in [2.75, 3.05) is 18.4 Å². The average molecular weight is 643 g/mol. The molecule has 1 unspecified atom stereocenters. The van der Waals surface area contributed by atoms with E-state index in [2.05, 4.69) is 15.7 Å². The van der Waals surface area contributed by atoms with Crippen LogP contribution >= 0.6 is 24.0 Å². The molecule has 16 heteroatoms. The quantitative estimate of drug-likeness (QED) is 0.133. The Morgan fingerprint density at radius 1 is 1.00 bits per heavy atom. The molecule has 3 aromatic rings. The number of hydrogen-bond donors (Lipinski definition) is 4. The van der Waals surface area contributed by atoms with Crippen molar-refractivity contribution >= 4 is 51.9 Å². The molecule has 1 aliphatic rings. The number of aliphatic hydroxyl groups excluding tert-OH is 1. The van der Waals surface area contributed by atoms with Crippen LogP contribution in [0.5, 0.6) is 0 Å². The number of halogens is 6. The third-order valence-electron chi connectivity index (χ3n) is 5.89. The number of rotatable bonds is 9. The Hall–Kier alpha value is -3.99. The topological polar surface area (TPSA) is 115 Å². The third kappa shape index (κ3) is 8.10. The number of amides is 1. The van der Waals surface area contributed by atoms with Gasteiger partial charge in [0.2, 0.25) is 0 Å². The number of carboxylic acid groups (broad SMARTS) is 1. The largest absolute Gasteiger partial charge is 0.478 e. The monoisotopic (exact) mass is 642 g/mol. The fourth-order valence-corrected chi connectivity index (χ4v) is 4.97. The number of hydrogen-bond acceptors (Lipinski definition) is 8. The summed E-state index contributed by atoms with van der Waals surface area (Å²) in [6.07, 6.45) is -9.75. The van der Waals surface area contributed by atoms with E-state index in [4.69, 9.17) is 17.3 Å². The van der Waals surface area contributed by atoms with Crippen LogP contribution in [0, 0.1) is 0 Å². The Morgan fingerprint density at radius 3 is 2.21 bits per heavy atom. The molecule has 2 heterocycles. The number of carbonyl (C=O) groups excluding carboxylic acids is 1. The fraction of sp³-hybridized carbons (Fsp3) is 0.185. The molecule has 43 heavy (non-hydrogen) atoms. The summed E-state index contributed by atoms with van der Waals surface area (Å²) in [5, 5.41) is 23.2. The second-order valence-electron chi connectivity index (χ2n) is 9.04. The summed E-state index contributed by atoms with van der Waals surface area (Å²) in [5.74, 6) is -1.68. The number of carbonyl (C=O) groups is 2. The van der Waals surface area contributed by atoms with Crippen molar-refractivity contribution in [2.24, 2.45) is 0 Å². The molecule has 4 N–H and O–H groups in total. The van der Waals surface area contributed by atoms with Crippen LogP contribution in [0.3, 0.4) is 0 Å². The number of hydrazine groups is 1. The van der Waals surface area contributed by atoms with Crippen LogP contribution < -0.4 is 10.7 Å². The summed E-state index contributed by atoms with van der Waals surface area (Å²) in [5.41, 5.74) is -0.0847. The minimum Gasteiger partial charge on any atom is -0.478 e. The number of thiocarbonyl (C=S) groups is 1. The predicted octanol–water partition coefficient (Wildman–Crippen LogP) is 5.66. The van der Waals surface area contributed by atoms with Gasteiger partial charge in [0.25, 0.3) is 5.91 Å². The van der Waals surface area contributed by atoms with Gasteiger partial charge in [0, 0.05) is 24.3 Å². The highest BCUT2D eigenvalue weighted by molar-refractivity contribution is 8.26. The molecule has 1 fully saturated rings. The molecule has 2 aromatic carbocycles. The number of carboxylic acids is 1. The van der Waals surface area contributed by atoms with Crippen LogP contribution in [-0.4, -0.2) is 55.6 Å². The Bertz CT molecular complexity index is 1550. The number of anilines is 1. The zero-order valence-corrected chi connectivity index (χ0v) is 23.2. The number of aromatic nitrogens is 1. The standard InChI is InChI=1S/C27H20F6N4O4S2/c28-26(29,30)16-8-15(9-17(10-16)27(31,32)33)21-3-1-2-19(36-21)11-22-23(39)37(25(42)43-22)35-13-20(38)12-34-18-6-4-14(5-7-18)24(40)41/h1-11,20,34-35,38H,12-13H2,(H,40,41)/b22-11-.